The van der Waals surface area contributed by atoms with Crippen LogP contribution in [-0.4, -0.2) is 30.7 Å². The second kappa shape index (κ2) is 8.79. The van der Waals surface area contributed by atoms with E-state index in [2.05, 4.69) is 5.32 Å². The van der Waals surface area contributed by atoms with Crippen LogP contribution < -0.4 is 26.3 Å². The number of aromatic nitrogens is 2. The second-order valence-electron chi connectivity index (χ2n) is 7.13. The average molecular weight is 415 g/mol. The lowest BCUT2D eigenvalue weighted by atomic mass is 10.1. The number of nitrogens with two attached hydrogens (primary N) is 2. The molecule has 0 saturated carbocycles. The fourth-order valence-electron chi connectivity index (χ4n) is 3.49. The molecule has 1 heterocycles. The average Bonchev–Trinajstić information content (AvgIpc) is 2.79. The van der Waals surface area contributed by atoms with Crippen molar-refractivity contribution in [3.05, 3.63) is 66.2 Å². The van der Waals surface area contributed by atoms with Crippen LogP contribution >= 0.6 is 0 Å². The zero-order valence-corrected chi connectivity index (χ0v) is 17.6. The molecule has 7 heteroatoms. The maximum atomic E-state index is 6.16. The summed E-state index contributed by atoms with van der Waals surface area (Å²) in [7, 11) is 3.26. The van der Waals surface area contributed by atoms with Gasteiger partial charge in [0, 0.05) is 17.8 Å². The first-order valence-corrected chi connectivity index (χ1v) is 9.96. The summed E-state index contributed by atoms with van der Waals surface area (Å²) >= 11 is 0. The Labute approximate surface area is 181 Å². The summed E-state index contributed by atoms with van der Waals surface area (Å²) in [4.78, 5) is 9.61. The van der Waals surface area contributed by atoms with Crippen molar-refractivity contribution in [3.63, 3.8) is 0 Å². The first-order chi connectivity index (χ1) is 15.1. The normalized spacial score (nSPS) is 10.8. The first-order valence-electron chi connectivity index (χ1n) is 9.96. The van der Waals surface area contributed by atoms with E-state index in [1.165, 1.54) is 0 Å². The molecule has 31 heavy (non-hydrogen) atoms. The van der Waals surface area contributed by atoms with Crippen LogP contribution in [0.25, 0.3) is 22.3 Å². The van der Waals surface area contributed by atoms with Crippen molar-refractivity contribution in [1.82, 2.24) is 9.97 Å². The number of nitrogen functional groups attached to an aromatic ring is 2. The van der Waals surface area contributed by atoms with Gasteiger partial charge in [0.1, 0.15) is 11.2 Å². The molecule has 5 N–H and O–H groups in total. The van der Waals surface area contributed by atoms with E-state index in [-0.39, 0.29) is 0 Å². The van der Waals surface area contributed by atoms with Gasteiger partial charge in [-0.05, 0) is 36.2 Å². The molecule has 0 spiro atoms. The Morgan fingerprint density at radius 3 is 2.39 bits per heavy atom. The fourth-order valence-corrected chi connectivity index (χ4v) is 3.49. The SMILES string of the molecule is COc1ccc(CCNc2nc3cc(N)cc(N)c3nc2-c2ccccc2)cc1OC. The number of nitrogens with zero attached hydrogens (tertiary/aromatic N) is 2. The molecular weight excluding hydrogens is 390 g/mol. The van der Waals surface area contributed by atoms with Gasteiger partial charge >= 0.3 is 0 Å². The molecule has 1 aromatic heterocycles. The summed E-state index contributed by atoms with van der Waals surface area (Å²) in [5, 5.41) is 3.43. The highest BCUT2D eigenvalue weighted by molar-refractivity contribution is 5.93. The lowest BCUT2D eigenvalue weighted by Gasteiger charge is -2.14. The Bertz CT molecular complexity index is 1210. The third-order valence-corrected chi connectivity index (χ3v) is 5.02. The molecule has 4 rings (SSSR count). The molecule has 4 aromatic rings. The molecule has 0 aliphatic heterocycles. The van der Waals surface area contributed by atoms with E-state index in [1.807, 2.05) is 48.5 Å². The maximum absolute atomic E-state index is 6.16. The van der Waals surface area contributed by atoms with Gasteiger partial charge in [0.2, 0.25) is 0 Å². The van der Waals surface area contributed by atoms with Crippen LogP contribution in [0.3, 0.4) is 0 Å². The van der Waals surface area contributed by atoms with E-state index in [0.29, 0.717) is 46.3 Å². The molecule has 0 aliphatic carbocycles. The van der Waals surface area contributed by atoms with Crippen LogP contribution in [0.5, 0.6) is 11.5 Å². The van der Waals surface area contributed by atoms with Crippen LogP contribution in [0, 0.1) is 0 Å². The van der Waals surface area contributed by atoms with Crippen molar-refractivity contribution in [2.45, 2.75) is 6.42 Å². The van der Waals surface area contributed by atoms with E-state index >= 15 is 0 Å². The molecule has 0 fully saturated rings. The summed E-state index contributed by atoms with van der Waals surface area (Å²) in [6.07, 6.45) is 0.771. The quantitative estimate of drug-likeness (QED) is 0.389. The molecule has 0 radical (unpaired) electrons. The molecule has 0 aliphatic rings. The van der Waals surface area contributed by atoms with Gasteiger partial charge < -0.3 is 26.3 Å². The summed E-state index contributed by atoms with van der Waals surface area (Å²) in [5.74, 6) is 2.10. The number of anilines is 3. The molecule has 0 atom stereocenters. The van der Waals surface area contributed by atoms with Crippen LogP contribution in [-0.2, 0) is 6.42 Å². The van der Waals surface area contributed by atoms with Crippen molar-refractivity contribution in [2.24, 2.45) is 0 Å². The summed E-state index contributed by atoms with van der Waals surface area (Å²) < 4.78 is 10.7. The minimum Gasteiger partial charge on any atom is -0.493 e. The van der Waals surface area contributed by atoms with Gasteiger partial charge in [-0.3, -0.25) is 0 Å². The molecule has 3 aromatic carbocycles. The summed E-state index contributed by atoms with van der Waals surface area (Å²) in [6.45, 7) is 0.660. The van der Waals surface area contributed by atoms with E-state index in [4.69, 9.17) is 30.9 Å². The fraction of sp³-hybridized carbons (Fsp3) is 0.167. The molecule has 0 saturated heterocycles. The lowest BCUT2D eigenvalue weighted by molar-refractivity contribution is 0.354. The standard InChI is InChI=1S/C24H25N5O2/c1-30-20-9-8-15(12-21(20)31-2)10-11-27-24-22(16-6-4-3-5-7-16)29-23-18(26)13-17(25)14-19(23)28-24/h3-9,12-14H,10-11,25-26H2,1-2H3,(H,27,28). The first kappa shape index (κ1) is 20.3. The third-order valence-electron chi connectivity index (χ3n) is 5.02. The van der Waals surface area contributed by atoms with Crippen LogP contribution in [0.2, 0.25) is 0 Å². The number of nitrogens with one attached hydrogen (secondary N) is 1. The Hall–Kier alpha value is -4.00. The van der Waals surface area contributed by atoms with Gasteiger partial charge in [-0.1, -0.05) is 36.4 Å². The van der Waals surface area contributed by atoms with Crippen LogP contribution in [0.15, 0.2) is 60.7 Å². The van der Waals surface area contributed by atoms with Gasteiger partial charge in [0.25, 0.3) is 0 Å². The van der Waals surface area contributed by atoms with Gasteiger partial charge in [-0.25, -0.2) is 9.97 Å². The van der Waals surface area contributed by atoms with Crippen molar-refractivity contribution in [3.8, 4) is 22.8 Å². The van der Waals surface area contributed by atoms with Crippen molar-refractivity contribution < 1.29 is 9.47 Å². The highest BCUT2D eigenvalue weighted by atomic mass is 16.5. The predicted octanol–water partition coefficient (Wildman–Crippen LogP) is 4.13. The van der Waals surface area contributed by atoms with Gasteiger partial charge in [0.05, 0.1) is 25.4 Å². The highest BCUT2D eigenvalue weighted by Gasteiger charge is 2.13. The molecule has 158 valence electrons. The number of ether oxygens (including phenoxy) is 2. The molecular formula is C24H25N5O2. The Kier molecular flexibility index (Phi) is 5.75. The Morgan fingerprint density at radius 1 is 0.871 bits per heavy atom. The number of hydrogen-bond acceptors (Lipinski definition) is 7. The smallest absolute Gasteiger partial charge is 0.160 e. The van der Waals surface area contributed by atoms with E-state index in [1.54, 1.807) is 26.4 Å². The molecule has 0 amide bonds. The Balaban J connectivity index is 1.64. The number of rotatable bonds is 7. The van der Waals surface area contributed by atoms with E-state index in [0.717, 1.165) is 23.2 Å². The molecule has 7 nitrogen and oxygen atoms in total. The lowest BCUT2D eigenvalue weighted by Crippen LogP contribution is -2.09. The van der Waals surface area contributed by atoms with Gasteiger partial charge in [-0.15, -0.1) is 0 Å². The number of fused-ring (bicyclic) bond motifs is 1. The zero-order valence-electron chi connectivity index (χ0n) is 17.6. The summed E-state index contributed by atoms with van der Waals surface area (Å²) in [5.41, 5.74) is 17.3. The summed E-state index contributed by atoms with van der Waals surface area (Å²) in [6, 6.07) is 19.3. The van der Waals surface area contributed by atoms with Crippen molar-refractivity contribution in [1.29, 1.82) is 0 Å². The minimum atomic E-state index is 0.511. The second-order valence-corrected chi connectivity index (χ2v) is 7.13. The van der Waals surface area contributed by atoms with E-state index < -0.39 is 0 Å². The number of benzene rings is 3. The largest absolute Gasteiger partial charge is 0.493 e. The predicted molar refractivity (Wildman–Crippen MR) is 126 cm³/mol. The number of methoxy groups -OCH3 is 2. The van der Waals surface area contributed by atoms with Crippen molar-refractivity contribution in [2.75, 3.05) is 37.5 Å². The maximum Gasteiger partial charge on any atom is 0.160 e. The number of hydrogen-bond donors (Lipinski definition) is 3. The monoisotopic (exact) mass is 415 g/mol. The highest BCUT2D eigenvalue weighted by Crippen LogP contribution is 2.31. The third kappa shape index (κ3) is 4.30. The van der Waals surface area contributed by atoms with Gasteiger partial charge in [-0.2, -0.15) is 0 Å². The topological polar surface area (TPSA) is 108 Å². The molecule has 0 unspecified atom stereocenters. The van der Waals surface area contributed by atoms with Crippen molar-refractivity contribution >= 4 is 28.2 Å². The van der Waals surface area contributed by atoms with E-state index in [9.17, 15) is 0 Å². The molecule has 0 bridgehead atoms. The zero-order chi connectivity index (χ0) is 21.8. The van der Waals surface area contributed by atoms with Crippen LogP contribution in [0.4, 0.5) is 17.2 Å². The van der Waals surface area contributed by atoms with Gasteiger partial charge in [0.15, 0.2) is 17.3 Å². The minimum absolute atomic E-state index is 0.511. The Morgan fingerprint density at radius 2 is 1.65 bits per heavy atom. The van der Waals surface area contributed by atoms with Crippen LogP contribution in [0.1, 0.15) is 5.56 Å².